The van der Waals surface area contributed by atoms with Crippen LogP contribution in [0.4, 0.5) is 10.5 Å². The van der Waals surface area contributed by atoms with E-state index in [-0.39, 0.29) is 12.0 Å². The number of carbonyl (C=O) groups is 3. The van der Waals surface area contributed by atoms with Crippen LogP contribution in [-0.2, 0) is 19.1 Å². The van der Waals surface area contributed by atoms with Crippen LogP contribution in [0.3, 0.4) is 0 Å². The molecular formula is C20H27ClN2O5. The number of benzene rings is 1. The second kappa shape index (κ2) is 9.28. The second-order valence-corrected chi connectivity index (χ2v) is 8.25. The molecule has 0 aromatic heterocycles. The average Bonchev–Trinajstić information content (AvgIpc) is 2.62. The quantitative estimate of drug-likeness (QED) is 0.762. The van der Waals surface area contributed by atoms with Crippen molar-refractivity contribution < 1.29 is 23.9 Å². The van der Waals surface area contributed by atoms with E-state index in [1.54, 1.807) is 29.2 Å². The van der Waals surface area contributed by atoms with Gasteiger partial charge in [-0.15, -0.1) is 0 Å². The molecule has 1 aromatic rings. The van der Waals surface area contributed by atoms with Crippen molar-refractivity contribution >= 4 is 35.3 Å². The topological polar surface area (TPSA) is 84.9 Å². The molecule has 0 aliphatic carbocycles. The lowest BCUT2D eigenvalue weighted by Gasteiger charge is -2.32. The largest absolute Gasteiger partial charge is 0.452 e. The molecule has 1 fully saturated rings. The first-order valence-corrected chi connectivity index (χ1v) is 9.68. The number of ether oxygens (including phenoxy) is 2. The smallest absolute Gasteiger partial charge is 0.410 e. The highest BCUT2D eigenvalue weighted by atomic mass is 35.5. The first kappa shape index (κ1) is 22.0. The fraction of sp³-hybridized carbons (Fsp3) is 0.550. The molecule has 1 heterocycles. The predicted molar refractivity (Wildman–Crippen MR) is 106 cm³/mol. The third-order valence-corrected chi connectivity index (χ3v) is 4.51. The number of hydrogen-bond donors (Lipinski definition) is 1. The van der Waals surface area contributed by atoms with Crippen LogP contribution in [-0.4, -0.2) is 47.7 Å². The number of rotatable bonds is 4. The van der Waals surface area contributed by atoms with Crippen LogP contribution in [0.25, 0.3) is 0 Å². The molecule has 28 heavy (non-hydrogen) atoms. The van der Waals surface area contributed by atoms with E-state index in [1.807, 2.05) is 20.8 Å². The van der Waals surface area contributed by atoms with Crippen molar-refractivity contribution in [2.24, 2.45) is 5.92 Å². The van der Waals surface area contributed by atoms with Gasteiger partial charge in [-0.2, -0.15) is 0 Å². The summed E-state index contributed by atoms with van der Waals surface area (Å²) in [6.45, 7) is 7.79. The normalized spacial score (nSPS) is 16.2. The molecule has 0 radical (unpaired) electrons. The van der Waals surface area contributed by atoms with E-state index in [9.17, 15) is 14.4 Å². The Morgan fingerprint density at radius 3 is 2.25 bits per heavy atom. The van der Waals surface area contributed by atoms with Crippen LogP contribution in [0.1, 0.15) is 40.5 Å². The molecule has 0 bridgehead atoms. The highest BCUT2D eigenvalue weighted by Crippen LogP contribution is 2.21. The molecule has 154 valence electrons. The molecule has 1 atom stereocenters. The van der Waals surface area contributed by atoms with E-state index in [0.29, 0.717) is 36.6 Å². The highest BCUT2D eigenvalue weighted by Gasteiger charge is 2.32. The van der Waals surface area contributed by atoms with E-state index in [1.165, 1.54) is 6.92 Å². The molecule has 8 heteroatoms. The van der Waals surface area contributed by atoms with Crippen LogP contribution in [0.5, 0.6) is 0 Å². The van der Waals surface area contributed by atoms with E-state index < -0.39 is 23.6 Å². The Labute approximate surface area is 170 Å². The second-order valence-electron chi connectivity index (χ2n) is 7.82. The van der Waals surface area contributed by atoms with Crippen molar-refractivity contribution in [2.75, 3.05) is 18.4 Å². The molecule has 2 rings (SSSR count). The zero-order chi connectivity index (χ0) is 20.9. The van der Waals surface area contributed by atoms with Gasteiger partial charge >= 0.3 is 12.1 Å². The third kappa shape index (κ3) is 6.71. The Morgan fingerprint density at radius 2 is 1.71 bits per heavy atom. The van der Waals surface area contributed by atoms with Crippen LogP contribution in [0.15, 0.2) is 24.3 Å². The number of carbonyl (C=O) groups excluding carboxylic acids is 3. The molecule has 0 saturated carbocycles. The summed E-state index contributed by atoms with van der Waals surface area (Å²) in [6.07, 6.45) is -0.352. The van der Waals surface area contributed by atoms with Crippen molar-refractivity contribution in [1.29, 1.82) is 0 Å². The minimum absolute atomic E-state index is 0.343. The van der Waals surface area contributed by atoms with Crippen molar-refractivity contribution in [1.82, 2.24) is 4.90 Å². The molecule has 1 aliphatic heterocycles. The van der Waals surface area contributed by atoms with Gasteiger partial charge in [-0.3, -0.25) is 9.59 Å². The summed E-state index contributed by atoms with van der Waals surface area (Å²) in [6, 6.07) is 6.65. The number of nitrogens with one attached hydrogen (secondary N) is 1. The summed E-state index contributed by atoms with van der Waals surface area (Å²) >= 11 is 5.81. The summed E-state index contributed by atoms with van der Waals surface area (Å²) in [5, 5.41) is 3.24. The molecule has 2 amide bonds. The Balaban J connectivity index is 1.79. The lowest BCUT2D eigenvalue weighted by atomic mass is 9.97. The monoisotopic (exact) mass is 410 g/mol. The lowest BCUT2D eigenvalue weighted by molar-refractivity contribution is -0.158. The van der Waals surface area contributed by atoms with Crippen LogP contribution < -0.4 is 5.32 Å². The van der Waals surface area contributed by atoms with Crippen molar-refractivity contribution in [3.05, 3.63) is 29.3 Å². The maximum absolute atomic E-state index is 12.4. The van der Waals surface area contributed by atoms with Gasteiger partial charge in [0.25, 0.3) is 5.91 Å². The van der Waals surface area contributed by atoms with Gasteiger partial charge in [-0.25, -0.2) is 4.79 Å². The fourth-order valence-electron chi connectivity index (χ4n) is 2.73. The fourth-order valence-corrected chi connectivity index (χ4v) is 2.85. The number of likely N-dealkylation sites (tertiary alicyclic amines) is 1. The van der Waals surface area contributed by atoms with E-state index in [0.717, 1.165) is 0 Å². The summed E-state index contributed by atoms with van der Waals surface area (Å²) in [5.41, 5.74) is 0.0164. The van der Waals surface area contributed by atoms with Gasteiger partial charge in [0.2, 0.25) is 0 Å². The first-order chi connectivity index (χ1) is 13.0. The minimum Gasteiger partial charge on any atom is -0.452 e. The molecule has 1 N–H and O–H groups in total. The molecule has 7 nitrogen and oxygen atoms in total. The maximum atomic E-state index is 12.4. The number of nitrogens with zero attached hydrogens (tertiary/aromatic N) is 1. The first-order valence-electron chi connectivity index (χ1n) is 9.30. The molecule has 1 aromatic carbocycles. The molecule has 0 unspecified atom stereocenters. The number of anilines is 1. The maximum Gasteiger partial charge on any atom is 0.410 e. The zero-order valence-corrected chi connectivity index (χ0v) is 17.4. The highest BCUT2D eigenvalue weighted by molar-refractivity contribution is 6.30. The summed E-state index contributed by atoms with van der Waals surface area (Å²) in [5.74, 6) is -1.19. The number of halogens is 1. The number of hydrogen-bond acceptors (Lipinski definition) is 5. The van der Waals surface area contributed by atoms with E-state index >= 15 is 0 Å². The standard InChI is InChI=1S/C20H27ClN2O5/c1-13(17(24)22-16-7-5-15(21)6-8-16)27-18(25)14-9-11-23(12-10-14)19(26)28-20(2,3)4/h5-8,13-14H,9-12H2,1-4H3,(H,22,24)/t13-/m1/s1. The van der Waals surface area contributed by atoms with E-state index in [4.69, 9.17) is 21.1 Å². The minimum atomic E-state index is -0.924. The van der Waals surface area contributed by atoms with Gasteiger partial charge in [-0.05, 0) is 64.8 Å². The summed E-state index contributed by atoms with van der Waals surface area (Å²) in [4.78, 5) is 38.2. The van der Waals surface area contributed by atoms with Gasteiger partial charge in [-0.1, -0.05) is 11.6 Å². The Morgan fingerprint density at radius 1 is 1.14 bits per heavy atom. The summed E-state index contributed by atoms with van der Waals surface area (Å²) < 4.78 is 10.7. The zero-order valence-electron chi connectivity index (χ0n) is 16.7. The average molecular weight is 411 g/mol. The molecule has 1 aliphatic rings. The summed E-state index contributed by atoms with van der Waals surface area (Å²) in [7, 11) is 0. The van der Waals surface area contributed by atoms with Crippen molar-refractivity contribution in [3.8, 4) is 0 Å². The van der Waals surface area contributed by atoms with Crippen molar-refractivity contribution in [2.45, 2.75) is 52.2 Å². The Bertz CT molecular complexity index is 706. The predicted octanol–water partition coefficient (Wildman–Crippen LogP) is 3.86. The van der Waals surface area contributed by atoms with Crippen LogP contribution in [0.2, 0.25) is 5.02 Å². The van der Waals surface area contributed by atoms with Gasteiger partial charge in [0.15, 0.2) is 6.10 Å². The third-order valence-electron chi connectivity index (χ3n) is 4.25. The van der Waals surface area contributed by atoms with Gasteiger partial charge < -0.3 is 19.7 Å². The van der Waals surface area contributed by atoms with Crippen LogP contribution in [0, 0.1) is 5.92 Å². The molecule has 0 spiro atoms. The van der Waals surface area contributed by atoms with Crippen LogP contribution >= 0.6 is 11.6 Å². The molecule has 1 saturated heterocycles. The van der Waals surface area contributed by atoms with Gasteiger partial charge in [0.1, 0.15) is 5.60 Å². The Hall–Kier alpha value is -2.28. The SMILES string of the molecule is C[C@@H](OC(=O)C1CCN(C(=O)OC(C)(C)C)CC1)C(=O)Nc1ccc(Cl)cc1. The van der Waals surface area contributed by atoms with Gasteiger partial charge in [0, 0.05) is 23.8 Å². The Kier molecular flexibility index (Phi) is 7.29. The van der Waals surface area contributed by atoms with Gasteiger partial charge in [0.05, 0.1) is 5.92 Å². The number of piperidine rings is 1. The molecular weight excluding hydrogens is 384 g/mol. The van der Waals surface area contributed by atoms with Crippen molar-refractivity contribution in [3.63, 3.8) is 0 Å². The number of amides is 2. The van der Waals surface area contributed by atoms with E-state index in [2.05, 4.69) is 5.32 Å². The lowest BCUT2D eigenvalue weighted by Crippen LogP contribution is -2.43. The number of esters is 1.